The van der Waals surface area contributed by atoms with Gasteiger partial charge < -0.3 is 14.8 Å². The normalized spacial score (nSPS) is 18.2. The van der Waals surface area contributed by atoms with Crippen molar-refractivity contribution in [3.8, 4) is 11.6 Å². The van der Waals surface area contributed by atoms with Gasteiger partial charge in [0.05, 0.1) is 13.3 Å². The highest BCUT2D eigenvalue weighted by Gasteiger charge is 2.37. The van der Waals surface area contributed by atoms with E-state index in [0.717, 1.165) is 23.9 Å². The summed E-state index contributed by atoms with van der Waals surface area (Å²) in [6.45, 7) is 0.340. The number of alkyl halides is 3. The monoisotopic (exact) mass is 457 g/mol. The Balaban J connectivity index is 0.00000272. The molecule has 0 saturated heterocycles. The summed E-state index contributed by atoms with van der Waals surface area (Å²) in [6, 6.07) is 5.86. The molecule has 1 aliphatic rings. The molecule has 0 unspecified atom stereocenters. The molecule has 0 atom stereocenters. The number of pyridine rings is 2. The van der Waals surface area contributed by atoms with Crippen molar-refractivity contribution in [2.75, 3.05) is 7.11 Å². The van der Waals surface area contributed by atoms with Gasteiger partial charge in [0.25, 0.3) is 0 Å². The van der Waals surface area contributed by atoms with Crippen molar-refractivity contribution >= 4 is 23.2 Å². The van der Waals surface area contributed by atoms with Crippen LogP contribution in [0.2, 0.25) is 0 Å². The second kappa shape index (κ2) is 9.23. The van der Waals surface area contributed by atoms with Gasteiger partial charge in [0, 0.05) is 35.9 Å². The number of nitrogens with zero attached hydrogens (tertiary/aromatic N) is 2. The largest absolute Gasteiger partial charge is 0.489 e. The van der Waals surface area contributed by atoms with Crippen molar-refractivity contribution in [3.63, 3.8) is 0 Å². The number of nitrogens with one attached hydrogen (secondary N) is 1. The first-order chi connectivity index (χ1) is 14.3. The van der Waals surface area contributed by atoms with E-state index in [2.05, 4.69) is 20.0 Å². The summed E-state index contributed by atoms with van der Waals surface area (Å²) in [5.74, 6) is -0.744. The number of rotatable bonds is 6. The van der Waals surface area contributed by atoms with E-state index in [-0.39, 0.29) is 36.1 Å². The molecule has 3 aromatic rings. The van der Waals surface area contributed by atoms with Crippen LogP contribution >= 0.6 is 12.4 Å². The number of halogens is 5. The molecule has 31 heavy (non-hydrogen) atoms. The Kier molecular flexibility index (Phi) is 6.86. The van der Waals surface area contributed by atoms with Gasteiger partial charge in [-0.15, -0.1) is 12.4 Å². The Bertz CT molecular complexity index is 1060. The number of fused-ring (bicyclic) bond motifs is 1. The van der Waals surface area contributed by atoms with E-state index in [4.69, 9.17) is 4.74 Å². The molecule has 0 aliphatic heterocycles. The first-order valence-electron chi connectivity index (χ1n) is 9.37. The SMILES string of the molecule is COc1ncc(OC2CC(NCc3c(F)ccc4cnccc34)C2)cc1C(F)(F)F.Cl. The average Bonchev–Trinajstić information content (AvgIpc) is 2.70. The maximum atomic E-state index is 14.3. The van der Waals surface area contributed by atoms with E-state index in [1.165, 1.54) is 12.3 Å². The van der Waals surface area contributed by atoms with Crippen LogP contribution in [0.15, 0.2) is 42.9 Å². The number of benzene rings is 1. The molecule has 1 saturated carbocycles. The predicted octanol–water partition coefficient (Wildman–Crippen LogP) is 4.92. The Morgan fingerprint density at radius 3 is 2.65 bits per heavy atom. The third-order valence-corrected chi connectivity index (χ3v) is 5.16. The molecule has 1 aliphatic carbocycles. The quantitative estimate of drug-likeness (QED) is 0.533. The minimum atomic E-state index is -4.58. The summed E-state index contributed by atoms with van der Waals surface area (Å²) >= 11 is 0. The third kappa shape index (κ3) is 4.99. The minimum Gasteiger partial charge on any atom is -0.489 e. The fourth-order valence-electron chi connectivity index (χ4n) is 3.52. The van der Waals surface area contributed by atoms with Gasteiger partial charge in [0.2, 0.25) is 5.88 Å². The van der Waals surface area contributed by atoms with Crippen LogP contribution in [0.5, 0.6) is 11.6 Å². The molecule has 1 fully saturated rings. The summed E-state index contributed by atoms with van der Waals surface area (Å²) in [6.07, 6.45) is 0.900. The van der Waals surface area contributed by atoms with E-state index in [1.54, 1.807) is 24.5 Å². The van der Waals surface area contributed by atoms with Gasteiger partial charge in [-0.1, -0.05) is 0 Å². The molecule has 2 heterocycles. The van der Waals surface area contributed by atoms with Crippen LogP contribution in [-0.2, 0) is 12.7 Å². The summed E-state index contributed by atoms with van der Waals surface area (Å²) in [7, 11) is 1.13. The zero-order valence-electron chi connectivity index (χ0n) is 16.4. The van der Waals surface area contributed by atoms with Crippen molar-refractivity contribution in [3.05, 3.63) is 59.8 Å². The smallest absolute Gasteiger partial charge is 0.421 e. The van der Waals surface area contributed by atoms with Crippen molar-refractivity contribution in [2.24, 2.45) is 0 Å². The van der Waals surface area contributed by atoms with Gasteiger partial charge in [0.15, 0.2) is 0 Å². The molecular weight excluding hydrogens is 438 g/mol. The molecule has 0 spiro atoms. The van der Waals surface area contributed by atoms with Gasteiger partial charge in [0.1, 0.15) is 23.2 Å². The molecule has 10 heteroatoms. The van der Waals surface area contributed by atoms with Crippen molar-refractivity contribution < 1.29 is 27.0 Å². The van der Waals surface area contributed by atoms with Crippen LogP contribution in [0.4, 0.5) is 17.6 Å². The van der Waals surface area contributed by atoms with Gasteiger partial charge in [-0.2, -0.15) is 13.2 Å². The molecule has 2 aromatic heterocycles. The molecule has 4 rings (SSSR count). The van der Waals surface area contributed by atoms with Crippen LogP contribution in [-0.4, -0.2) is 29.2 Å². The lowest BCUT2D eigenvalue weighted by Crippen LogP contribution is -2.46. The molecule has 0 radical (unpaired) electrons. The summed E-state index contributed by atoms with van der Waals surface area (Å²) in [4.78, 5) is 7.72. The van der Waals surface area contributed by atoms with Crippen LogP contribution in [0, 0.1) is 5.82 Å². The Labute approximate surface area is 182 Å². The molecule has 1 N–H and O–H groups in total. The maximum Gasteiger partial charge on any atom is 0.421 e. The van der Waals surface area contributed by atoms with Crippen LogP contribution in [0.1, 0.15) is 24.0 Å². The average molecular weight is 458 g/mol. The fourth-order valence-corrected chi connectivity index (χ4v) is 3.52. The lowest BCUT2D eigenvalue weighted by molar-refractivity contribution is -0.139. The van der Waals surface area contributed by atoms with Crippen LogP contribution in [0.3, 0.4) is 0 Å². The molecule has 0 amide bonds. The number of aromatic nitrogens is 2. The highest BCUT2D eigenvalue weighted by molar-refractivity contribution is 5.85. The summed E-state index contributed by atoms with van der Waals surface area (Å²) < 4.78 is 63.8. The second-order valence-corrected chi connectivity index (χ2v) is 7.14. The minimum absolute atomic E-state index is 0. The van der Waals surface area contributed by atoms with Crippen molar-refractivity contribution in [1.82, 2.24) is 15.3 Å². The highest BCUT2D eigenvalue weighted by Crippen LogP contribution is 2.37. The fraction of sp³-hybridized carbons (Fsp3) is 0.333. The van der Waals surface area contributed by atoms with E-state index in [9.17, 15) is 17.6 Å². The zero-order chi connectivity index (χ0) is 21.3. The van der Waals surface area contributed by atoms with E-state index in [0.29, 0.717) is 24.9 Å². The Morgan fingerprint density at radius 1 is 1.16 bits per heavy atom. The molecule has 0 bridgehead atoms. The molecule has 5 nitrogen and oxygen atoms in total. The van der Waals surface area contributed by atoms with Gasteiger partial charge in [-0.05, 0) is 42.5 Å². The first-order valence-corrected chi connectivity index (χ1v) is 9.37. The Hall–Kier alpha value is -2.65. The maximum absolute atomic E-state index is 14.3. The standard InChI is InChI=1S/C21H19F4N3O2.ClH/c1-29-20-18(21(23,24)25)8-15(10-28-20)30-14-6-13(7-14)27-11-17-16-4-5-26-9-12(16)2-3-19(17)22;/h2-5,8-10,13-14,27H,6-7,11H2,1H3;1H. The van der Waals surface area contributed by atoms with Crippen LogP contribution < -0.4 is 14.8 Å². The molecule has 166 valence electrons. The third-order valence-electron chi connectivity index (χ3n) is 5.16. The van der Waals surface area contributed by atoms with Crippen molar-refractivity contribution in [1.29, 1.82) is 0 Å². The van der Waals surface area contributed by atoms with Gasteiger partial charge in [-0.25, -0.2) is 9.37 Å². The topological polar surface area (TPSA) is 56.3 Å². The number of hydrogen-bond donors (Lipinski definition) is 1. The van der Waals surface area contributed by atoms with Gasteiger partial charge >= 0.3 is 6.18 Å². The van der Waals surface area contributed by atoms with E-state index < -0.39 is 17.6 Å². The second-order valence-electron chi connectivity index (χ2n) is 7.14. The first kappa shape index (κ1) is 23.0. The summed E-state index contributed by atoms with van der Waals surface area (Å²) in [5, 5.41) is 4.94. The van der Waals surface area contributed by atoms with E-state index in [1.807, 2.05) is 0 Å². The summed E-state index contributed by atoms with van der Waals surface area (Å²) in [5.41, 5.74) is -0.411. The van der Waals surface area contributed by atoms with E-state index >= 15 is 0 Å². The van der Waals surface area contributed by atoms with Crippen LogP contribution in [0.25, 0.3) is 10.8 Å². The number of hydrogen-bond acceptors (Lipinski definition) is 5. The number of methoxy groups -OCH3 is 1. The molecule has 1 aromatic carbocycles. The zero-order valence-corrected chi connectivity index (χ0v) is 17.3. The highest BCUT2D eigenvalue weighted by atomic mass is 35.5. The lowest BCUT2D eigenvalue weighted by Gasteiger charge is -2.36. The van der Waals surface area contributed by atoms with Gasteiger partial charge in [-0.3, -0.25) is 4.98 Å². The lowest BCUT2D eigenvalue weighted by atomic mass is 9.89. The molecular formula is C21H20ClF4N3O2. The van der Waals surface area contributed by atoms with Crippen molar-refractivity contribution in [2.45, 2.75) is 37.7 Å². The number of ether oxygens (including phenoxy) is 2. The Morgan fingerprint density at radius 2 is 1.94 bits per heavy atom. The predicted molar refractivity (Wildman–Crippen MR) is 109 cm³/mol.